The van der Waals surface area contributed by atoms with Crippen molar-refractivity contribution in [2.75, 3.05) is 13.1 Å². The molecular formula is C21H23N3O3S. The second kappa shape index (κ2) is 7.48. The first-order valence-corrected chi connectivity index (χ1v) is 10.8. The molecule has 0 aliphatic carbocycles. The normalized spacial score (nSPS) is 16.4. The summed E-state index contributed by atoms with van der Waals surface area (Å²) in [5, 5.41) is 1.96. The summed E-state index contributed by atoms with van der Waals surface area (Å²) in [5.41, 5.74) is 0.860. The lowest BCUT2D eigenvalue weighted by atomic mass is 10.1. The largest absolute Gasteiger partial charge is 0.474 e. The van der Waals surface area contributed by atoms with E-state index in [2.05, 4.69) is 9.97 Å². The van der Waals surface area contributed by atoms with Gasteiger partial charge in [-0.2, -0.15) is 9.29 Å². The minimum Gasteiger partial charge on any atom is -0.474 e. The van der Waals surface area contributed by atoms with Crippen LogP contribution in [0.2, 0.25) is 0 Å². The van der Waals surface area contributed by atoms with Gasteiger partial charge in [-0.3, -0.25) is 0 Å². The van der Waals surface area contributed by atoms with Crippen molar-refractivity contribution < 1.29 is 13.2 Å². The van der Waals surface area contributed by atoms with Crippen molar-refractivity contribution >= 4 is 20.8 Å². The van der Waals surface area contributed by atoms with Crippen LogP contribution in [-0.2, 0) is 10.0 Å². The molecule has 1 aromatic heterocycles. The standard InChI is InChI=1S/C21H23N3O3S/c1-15-13-21(23-16(2)22-15)27-19-9-11-24(12-10-19)28(25,26)20-8-7-17-5-3-4-6-18(17)14-20/h3-8,13-14,19H,9-12H2,1-2H3. The van der Waals surface area contributed by atoms with E-state index in [-0.39, 0.29) is 6.10 Å². The highest BCUT2D eigenvalue weighted by molar-refractivity contribution is 7.89. The van der Waals surface area contributed by atoms with Crippen LogP contribution in [0, 0.1) is 13.8 Å². The zero-order valence-electron chi connectivity index (χ0n) is 16.0. The number of fused-ring (bicyclic) bond motifs is 1. The predicted molar refractivity (Wildman–Crippen MR) is 108 cm³/mol. The Kier molecular flexibility index (Phi) is 5.03. The van der Waals surface area contributed by atoms with Gasteiger partial charge in [0.15, 0.2) is 0 Å². The van der Waals surface area contributed by atoms with Crippen LogP contribution in [0.4, 0.5) is 0 Å². The molecule has 7 heteroatoms. The first kappa shape index (κ1) is 18.8. The summed E-state index contributed by atoms with van der Waals surface area (Å²) in [6.07, 6.45) is 1.22. The fourth-order valence-corrected chi connectivity index (χ4v) is 5.09. The van der Waals surface area contributed by atoms with E-state index in [0.717, 1.165) is 16.5 Å². The highest BCUT2D eigenvalue weighted by atomic mass is 32.2. The fourth-order valence-electron chi connectivity index (χ4n) is 3.58. The van der Waals surface area contributed by atoms with E-state index in [1.54, 1.807) is 16.4 Å². The molecule has 0 N–H and O–H groups in total. The molecule has 4 rings (SSSR count). The molecule has 1 fully saturated rings. The lowest BCUT2D eigenvalue weighted by molar-refractivity contribution is 0.129. The van der Waals surface area contributed by atoms with Gasteiger partial charge < -0.3 is 4.74 Å². The Bertz CT molecular complexity index is 1090. The Labute approximate surface area is 165 Å². The molecule has 3 aromatic rings. The Balaban J connectivity index is 1.46. The smallest absolute Gasteiger partial charge is 0.243 e. The van der Waals surface area contributed by atoms with Gasteiger partial charge in [-0.25, -0.2) is 13.4 Å². The minimum atomic E-state index is -3.51. The van der Waals surface area contributed by atoms with E-state index in [1.165, 1.54) is 0 Å². The number of hydrogen-bond acceptors (Lipinski definition) is 5. The van der Waals surface area contributed by atoms with Crippen LogP contribution in [0.1, 0.15) is 24.4 Å². The van der Waals surface area contributed by atoms with Crippen LogP contribution in [0.25, 0.3) is 10.8 Å². The molecular weight excluding hydrogens is 374 g/mol. The zero-order chi connectivity index (χ0) is 19.7. The maximum Gasteiger partial charge on any atom is 0.243 e. The van der Waals surface area contributed by atoms with Crippen molar-refractivity contribution in [3.05, 3.63) is 60.0 Å². The molecule has 1 aliphatic heterocycles. The molecule has 1 aliphatic rings. The number of sulfonamides is 1. The third kappa shape index (κ3) is 3.86. The molecule has 146 valence electrons. The first-order valence-electron chi connectivity index (χ1n) is 9.40. The van der Waals surface area contributed by atoms with Crippen molar-refractivity contribution in [2.45, 2.75) is 37.7 Å². The summed E-state index contributed by atoms with van der Waals surface area (Å²) < 4.78 is 33.6. The maximum absolute atomic E-state index is 13.0. The molecule has 0 unspecified atom stereocenters. The second-order valence-electron chi connectivity index (χ2n) is 7.13. The summed E-state index contributed by atoms with van der Waals surface area (Å²) in [6, 6.07) is 14.9. The van der Waals surface area contributed by atoms with E-state index in [9.17, 15) is 8.42 Å². The Morgan fingerprint density at radius 3 is 2.39 bits per heavy atom. The summed E-state index contributed by atoms with van der Waals surface area (Å²) >= 11 is 0. The number of rotatable bonds is 4. The summed E-state index contributed by atoms with van der Waals surface area (Å²) in [6.45, 7) is 4.60. The Hall–Kier alpha value is -2.51. The van der Waals surface area contributed by atoms with E-state index in [4.69, 9.17) is 4.74 Å². The number of benzene rings is 2. The fraction of sp³-hybridized carbons (Fsp3) is 0.333. The number of nitrogens with zero attached hydrogens (tertiary/aromatic N) is 3. The molecule has 0 radical (unpaired) electrons. The van der Waals surface area contributed by atoms with E-state index >= 15 is 0 Å². The Morgan fingerprint density at radius 1 is 0.964 bits per heavy atom. The van der Waals surface area contributed by atoms with Crippen molar-refractivity contribution in [1.29, 1.82) is 0 Å². The van der Waals surface area contributed by atoms with Crippen LogP contribution in [0.15, 0.2) is 53.4 Å². The molecule has 0 saturated carbocycles. The molecule has 1 saturated heterocycles. The van der Waals surface area contributed by atoms with Gasteiger partial charge in [-0.1, -0.05) is 30.3 Å². The van der Waals surface area contributed by atoms with Gasteiger partial charge in [-0.05, 0) is 49.6 Å². The van der Waals surface area contributed by atoms with Crippen molar-refractivity contribution in [1.82, 2.24) is 14.3 Å². The second-order valence-corrected chi connectivity index (χ2v) is 9.06. The summed E-state index contributed by atoms with van der Waals surface area (Å²) in [7, 11) is -3.51. The van der Waals surface area contributed by atoms with Crippen molar-refractivity contribution in [3.63, 3.8) is 0 Å². The molecule has 6 nitrogen and oxygen atoms in total. The number of piperidine rings is 1. The van der Waals surface area contributed by atoms with Crippen LogP contribution in [0.3, 0.4) is 0 Å². The van der Waals surface area contributed by atoms with Crippen LogP contribution >= 0.6 is 0 Å². The van der Waals surface area contributed by atoms with Gasteiger partial charge >= 0.3 is 0 Å². The monoisotopic (exact) mass is 397 g/mol. The third-order valence-corrected chi connectivity index (χ3v) is 6.88. The Morgan fingerprint density at radius 2 is 1.68 bits per heavy atom. The third-order valence-electron chi connectivity index (χ3n) is 4.99. The number of aryl methyl sites for hydroxylation is 2. The van der Waals surface area contributed by atoms with Crippen molar-refractivity contribution in [3.8, 4) is 5.88 Å². The first-order chi connectivity index (χ1) is 13.4. The van der Waals surface area contributed by atoms with Gasteiger partial charge in [0.25, 0.3) is 0 Å². The average molecular weight is 398 g/mol. The summed E-state index contributed by atoms with van der Waals surface area (Å²) in [4.78, 5) is 8.90. The minimum absolute atomic E-state index is 0.0447. The van der Waals surface area contributed by atoms with E-state index in [1.807, 2.05) is 50.2 Å². The molecule has 0 spiro atoms. The SMILES string of the molecule is Cc1cc(OC2CCN(S(=O)(=O)c3ccc4ccccc4c3)CC2)nc(C)n1. The molecule has 2 aromatic carbocycles. The quantitative estimate of drug-likeness (QED) is 0.674. The molecule has 0 amide bonds. The van der Waals surface area contributed by atoms with Crippen molar-refractivity contribution in [2.24, 2.45) is 0 Å². The average Bonchev–Trinajstić information content (AvgIpc) is 2.67. The number of aromatic nitrogens is 2. The van der Waals surface area contributed by atoms with Crippen LogP contribution < -0.4 is 4.74 Å². The summed E-state index contributed by atoms with van der Waals surface area (Å²) in [5.74, 6) is 1.23. The molecule has 2 heterocycles. The van der Waals surface area contributed by atoms with Crippen LogP contribution in [-0.4, -0.2) is 41.9 Å². The molecule has 28 heavy (non-hydrogen) atoms. The zero-order valence-corrected chi connectivity index (χ0v) is 16.8. The topological polar surface area (TPSA) is 72.4 Å². The number of ether oxygens (including phenoxy) is 1. The van der Waals surface area contributed by atoms with Gasteiger partial charge in [0.05, 0.1) is 4.90 Å². The van der Waals surface area contributed by atoms with E-state index < -0.39 is 10.0 Å². The number of hydrogen-bond donors (Lipinski definition) is 0. The van der Waals surface area contributed by atoms with Gasteiger partial charge in [0.2, 0.25) is 15.9 Å². The maximum atomic E-state index is 13.0. The lowest BCUT2D eigenvalue weighted by Gasteiger charge is -2.31. The lowest BCUT2D eigenvalue weighted by Crippen LogP contribution is -2.41. The van der Waals surface area contributed by atoms with Gasteiger partial charge in [-0.15, -0.1) is 0 Å². The molecule has 0 bridgehead atoms. The predicted octanol–water partition coefficient (Wildman–Crippen LogP) is 3.48. The highest BCUT2D eigenvalue weighted by Gasteiger charge is 2.30. The highest BCUT2D eigenvalue weighted by Crippen LogP contribution is 2.25. The van der Waals surface area contributed by atoms with Crippen LogP contribution in [0.5, 0.6) is 5.88 Å². The molecule has 0 atom stereocenters. The van der Waals surface area contributed by atoms with Gasteiger partial charge in [0, 0.05) is 24.8 Å². The van der Waals surface area contributed by atoms with Gasteiger partial charge in [0.1, 0.15) is 11.9 Å². The van der Waals surface area contributed by atoms with E-state index in [0.29, 0.717) is 42.5 Å².